The van der Waals surface area contributed by atoms with Crippen LogP contribution in [0.5, 0.6) is 0 Å². The normalized spacial score (nSPS) is 22.6. The largest absolute Gasteiger partial charge is 0.303 e. The molecule has 1 aliphatic heterocycles. The molecule has 0 saturated heterocycles. The first-order chi connectivity index (χ1) is 8.77. The molecule has 0 spiro atoms. The highest BCUT2D eigenvalue weighted by atomic mass is 15.0. The van der Waals surface area contributed by atoms with E-state index in [1.807, 2.05) is 36.4 Å². The third-order valence-electron chi connectivity index (χ3n) is 3.56. The Labute approximate surface area is 107 Å². The van der Waals surface area contributed by atoms with E-state index in [1.165, 1.54) is 5.56 Å². The molecule has 1 aliphatic rings. The summed E-state index contributed by atoms with van der Waals surface area (Å²) in [5.41, 5.74) is 4.10. The molecule has 18 heavy (non-hydrogen) atoms. The van der Waals surface area contributed by atoms with Crippen molar-refractivity contribution in [1.29, 1.82) is 5.41 Å². The molecule has 0 saturated carbocycles. The van der Waals surface area contributed by atoms with Crippen LogP contribution in [-0.4, -0.2) is 5.71 Å². The third kappa shape index (κ3) is 1.75. The molecule has 1 heterocycles. The van der Waals surface area contributed by atoms with Gasteiger partial charge in [-0.25, -0.2) is 0 Å². The van der Waals surface area contributed by atoms with E-state index >= 15 is 0 Å². The summed E-state index contributed by atoms with van der Waals surface area (Å²) in [4.78, 5) is 0. The van der Waals surface area contributed by atoms with Crippen LogP contribution in [0.1, 0.15) is 35.7 Å². The van der Waals surface area contributed by atoms with Crippen molar-refractivity contribution in [3.8, 4) is 0 Å². The van der Waals surface area contributed by atoms with Gasteiger partial charge in [0, 0.05) is 11.6 Å². The Balaban J connectivity index is 2.05. The Morgan fingerprint density at radius 3 is 2.39 bits per heavy atom. The molecule has 2 aromatic carbocycles. The van der Waals surface area contributed by atoms with Crippen LogP contribution >= 0.6 is 0 Å². The number of fused-ring (bicyclic) bond motifs is 1. The van der Waals surface area contributed by atoms with Gasteiger partial charge in [-0.15, -0.1) is 0 Å². The molecule has 2 unspecified atom stereocenters. The van der Waals surface area contributed by atoms with Gasteiger partial charge in [-0.1, -0.05) is 54.6 Å². The molecule has 3 rings (SSSR count). The van der Waals surface area contributed by atoms with Crippen molar-refractivity contribution < 1.29 is 0 Å². The summed E-state index contributed by atoms with van der Waals surface area (Å²) in [6.07, 6.45) is 0. The van der Waals surface area contributed by atoms with Crippen LogP contribution in [0.3, 0.4) is 0 Å². The summed E-state index contributed by atoms with van der Waals surface area (Å²) in [6.45, 7) is 2.15. The van der Waals surface area contributed by atoms with Gasteiger partial charge in [-0.05, 0) is 18.1 Å². The molecule has 2 nitrogen and oxygen atoms in total. The lowest BCUT2D eigenvalue weighted by molar-refractivity contribution is 0.528. The van der Waals surface area contributed by atoms with Crippen LogP contribution in [0.4, 0.5) is 0 Å². The van der Waals surface area contributed by atoms with E-state index in [9.17, 15) is 0 Å². The first-order valence-electron chi connectivity index (χ1n) is 6.26. The van der Waals surface area contributed by atoms with Crippen molar-refractivity contribution in [2.75, 3.05) is 0 Å². The Kier molecular flexibility index (Phi) is 2.73. The average molecular weight is 236 g/mol. The summed E-state index contributed by atoms with van der Waals surface area (Å²) >= 11 is 0. The monoisotopic (exact) mass is 236 g/mol. The molecular weight excluding hydrogens is 220 g/mol. The molecule has 90 valence electrons. The highest BCUT2D eigenvalue weighted by Crippen LogP contribution is 2.31. The number of hydrogen-bond donors (Lipinski definition) is 2. The quantitative estimate of drug-likeness (QED) is 0.781. The first kappa shape index (κ1) is 11.2. The minimum absolute atomic E-state index is 0.00361. The molecule has 0 amide bonds. The van der Waals surface area contributed by atoms with E-state index in [1.54, 1.807) is 0 Å². The summed E-state index contributed by atoms with van der Waals surface area (Å²) in [5.74, 6) is 0. The Hall–Kier alpha value is -1.93. The van der Waals surface area contributed by atoms with E-state index in [-0.39, 0.29) is 12.1 Å². The molecule has 0 radical (unpaired) electrons. The van der Waals surface area contributed by atoms with Gasteiger partial charge in [0.1, 0.15) is 0 Å². The molecular formula is C16H16N2. The van der Waals surface area contributed by atoms with Gasteiger partial charge in [0.15, 0.2) is 0 Å². The van der Waals surface area contributed by atoms with Gasteiger partial charge in [-0.2, -0.15) is 0 Å². The topological polar surface area (TPSA) is 35.9 Å². The van der Waals surface area contributed by atoms with Crippen molar-refractivity contribution >= 4 is 5.71 Å². The lowest BCUT2D eigenvalue weighted by Gasteiger charge is -2.32. The van der Waals surface area contributed by atoms with Crippen molar-refractivity contribution in [2.45, 2.75) is 19.0 Å². The van der Waals surface area contributed by atoms with Gasteiger partial charge in [0.2, 0.25) is 0 Å². The van der Waals surface area contributed by atoms with Crippen LogP contribution in [-0.2, 0) is 0 Å². The number of hydrogen-bond acceptors (Lipinski definition) is 2. The highest BCUT2D eigenvalue weighted by molar-refractivity contribution is 6.04. The first-order valence-corrected chi connectivity index (χ1v) is 6.26. The Bertz CT molecular complexity index is 575. The second kappa shape index (κ2) is 4.39. The SMILES string of the molecule is CC1NC(c2ccccc2)C(=N)c2ccccc21. The summed E-state index contributed by atoms with van der Waals surface area (Å²) in [5, 5.41) is 11.9. The zero-order valence-electron chi connectivity index (χ0n) is 10.4. The lowest BCUT2D eigenvalue weighted by atomic mass is 9.86. The standard InChI is InChI=1S/C16H16N2/c1-11-13-9-5-6-10-14(13)15(17)16(18-11)12-7-3-2-4-8-12/h2-11,16-18H,1H3. The van der Waals surface area contributed by atoms with E-state index in [0.29, 0.717) is 5.71 Å². The fourth-order valence-corrected chi connectivity index (χ4v) is 2.61. The minimum atomic E-state index is -0.00361. The zero-order valence-corrected chi connectivity index (χ0v) is 10.4. The van der Waals surface area contributed by atoms with Gasteiger partial charge in [0.05, 0.1) is 11.8 Å². The van der Waals surface area contributed by atoms with Crippen molar-refractivity contribution in [3.63, 3.8) is 0 Å². The molecule has 2 aromatic rings. The van der Waals surface area contributed by atoms with Crippen LogP contribution in [0.2, 0.25) is 0 Å². The number of nitrogens with one attached hydrogen (secondary N) is 2. The van der Waals surface area contributed by atoms with Gasteiger partial charge < -0.3 is 5.41 Å². The number of rotatable bonds is 1. The van der Waals surface area contributed by atoms with Crippen molar-refractivity contribution in [3.05, 3.63) is 71.3 Å². The zero-order chi connectivity index (χ0) is 12.5. The van der Waals surface area contributed by atoms with E-state index < -0.39 is 0 Å². The fourth-order valence-electron chi connectivity index (χ4n) is 2.61. The van der Waals surface area contributed by atoms with Crippen molar-refractivity contribution in [1.82, 2.24) is 5.32 Å². The minimum Gasteiger partial charge on any atom is -0.303 e. The molecule has 0 aromatic heterocycles. The average Bonchev–Trinajstić information content (AvgIpc) is 2.44. The molecule has 2 heteroatoms. The maximum absolute atomic E-state index is 8.39. The van der Waals surface area contributed by atoms with Gasteiger partial charge in [-0.3, -0.25) is 5.32 Å². The van der Waals surface area contributed by atoms with E-state index in [2.05, 4.69) is 30.4 Å². The van der Waals surface area contributed by atoms with Gasteiger partial charge in [0.25, 0.3) is 0 Å². The summed E-state index contributed by atoms with van der Waals surface area (Å²) < 4.78 is 0. The predicted octanol–water partition coefficient (Wildman–Crippen LogP) is 3.46. The number of benzene rings is 2. The van der Waals surface area contributed by atoms with Crippen LogP contribution in [0, 0.1) is 5.41 Å². The van der Waals surface area contributed by atoms with Crippen LogP contribution in [0.25, 0.3) is 0 Å². The van der Waals surface area contributed by atoms with E-state index in [4.69, 9.17) is 5.41 Å². The molecule has 0 bridgehead atoms. The maximum Gasteiger partial charge on any atom is 0.0755 e. The van der Waals surface area contributed by atoms with Crippen LogP contribution < -0.4 is 5.32 Å². The summed E-state index contributed by atoms with van der Waals surface area (Å²) in [7, 11) is 0. The lowest BCUT2D eigenvalue weighted by Crippen LogP contribution is -2.36. The Morgan fingerprint density at radius 2 is 1.61 bits per heavy atom. The maximum atomic E-state index is 8.39. The fraction of sp³-hybridized carbons (Fsp3) is 0.188. The highest BCUT2D eigenvalue weighted by Gasteiger charge is 2.28. The molecule has 0 aliphatic carbocycles. The predicted molar refractivity (Wildman–Crippen MR) is 74.0 cm³/mol. The smallest absolute Gasteiger partial charge is 0.0755 e. The van der Waals surface area contributed by atoms with Crippen molar-refractivity contribution in [2.24, 2.45) is 0 Å². The summed E-state index contributed by atoms with van der Waals surface area (Å²) in [6, 6.07) is 18.7. The Morgan fingerprint density at radius 1 is 0.944 bits per heavy atom. The van der Waals surface area contributed by atoms with E-state index in [0.717, 1.165) is 11.1 Å². The molecule has 2 atom stereocenters. The third-order valence-corrected chi connectivity index (χ3v) is 3.56. The molecule has 0 fully saturated rings. The second-order valence-electron chi connectivity index (χ2n) is 4.73. The van der Waals surface area contributed by atoms with Gasteiger partial charge >= 0.3 is 0 Å². The van der Waals surface area contributed by atoms with Crippen LogP contribution in [0.15, 0.2) is 54.6 Å². The molecule has 2 N–H and O–H groups in total. The second-order valence-corrected chi connectivity index (χ2v) is 4.73.